The van der Waals surface area contributed by atoms with Crippen molar-refractivity contribution in [2.75, 3.05) is 19.1 Å². The summed E-state index contributed by atoms with van der Waals surface area (Å²) in [6, 6.07) is 1.21. The van der Waals surface area contributed by atoms with E-state index in [4.69, 9.17) is 10.6 Å². The number of methoxy groups -OCH3 is 1. The van der Waals surface area contributed by atoms with Crippen LogP contribution < -0.4 is 16.0 Å². The van der Waals surface area contributed by atoms with Crippen LogP contribution in [0.4, 0.5) is 0 Å². The van der Waals surface area contributed by atoms with Crippen molar-refractivity contribution in [2.45, 2.75) is 6.04 Å². The molecule has 0 saturated heterocycles. The third kappa shape index (κ3) is 3.76. The third-order valence-electron chi connectivity index (χ3n) is 2.04. The van der Waals surface area contributed by atoms with Crippen LogP contribution in [0.3, 0.4) is 0 Å². The Labute approximate surface area is 94.7 Å². The molecular weight excluding hydrogens is 230 g/mol. The van der Waals surface area contributed by atoms with Crippen molar-refractivity contribution in [2.24, 2.45) is 5.84 Å². The van der Waals surface area contributed by atoms with Gasteiger partial charge in [0.25, 0.3) is 0 Å². The van der Waals surface area contributed by atoms with Crippen molar-refractivity contribution in [1.29, 1.82) is 0 Å². The van der Waals surface area contributed by atoms with Crippen LogP contribution in [0, 0.1) is 0 Å². The van der Waals surface area contributed by atoms with Gasteiger partial charge in [0.1, 0.15) is 15.6 Å². The van der Waals surface area contributed by atoms with E-state index >= 15 is 0 Å². The molecule has 0 aliphatic rings. The first kappa shape index (κ1) is 12.9. The Kier molecular flexibility index (Phi) is 4.22. The SMILES string of the molecule is COc1cncc(C(CS(C)(=O)=O)NN)c1. The molecule has 1 aromatic rings. The summed E-state index contributed by atoms with van der Waals surface area (Å²) in [6.45, 7) is 0. The minimum absolute atomic E-state index is 0.0850. The van der Waals surface area contributed by atoms with Gasteiger partial charge < -0.3 is 4.74 Å². The first-order valence-corrected chi connectivity index (χ1v) is 6.65. The maximum atomic E-state index is 11.2. The van der Waals surface area contributed by atoms with Gasteiger partial charge >= 0.3 is 0 Å². The lowest BCUT2D eigenvalue weighted by Gasteiger charge is -2.15. The molecule has 1 rings (SSSR count). The molecule has 0 amide bonds. The standard InChI is InChI=1S/C9H15N3O3S/c1-15-8-3-7(4-11-5-8)9(12-10)6-16(2,13)14/h3-5,9,12H,6,10H2,1-2H3. The Balaban J connectivity index is 2.94. The van der Waals surface area contributed by atoms with Crippen molar-refractivity contribution in [3.05, 3.63) is 24.0 Å². The Morgan fingerprint density at radius 3 is 2.75 bits per heavy atom. The zero-order valence-electron chi connectivity index (χ0n) is 9.17. The first-order valence-electron chi connectivity index (χ1n) is 4.59. The van der Waals surface area contributed by atoms with Gasteiger partial charge in [0, 0.05) is 12.5 Å². The third-order valence-corrected chi connectivity index (χ3v) is 2.98. The number of nitrogens with two attached hydrogens (primary N) is 1. The molecule has 6 nitrogen and oxygen atoms in total. The molecule has 0 bridgehead atoms. The van der Waals surface area contributed by atoms with E-state index in [1.54, 1.807) is 12.3 Å². The van der Waals surface area contributed by atoms with Crippen LogP contribution in [0.15, 0.2) is 18.5 Å². The van der Waals surface area contributed by atoms with Crippen molar-refractivity contribution in [1.82, 2.24) is 10.4 Å². The molecule has 1 unspecified atom stereocenters. The van der Waals surface area contributed by atoms with E-state index in [0.717, 1.165) is 6.26 Å². The summed E-state index contributed by atoms with van der Waals surface area (Å²) < 4.78 is 27.4. The summed E-state index contributed by atoms with van der Waals surface area (Å²) in [7, 11) is -1.60. The summed E-state index contributed by atoms with van der Waals surface area (Å²) in [5.74, 6) is 5.80. The van der Waals surface area contributed by atoms with E-state index < -0.39 is 15.9 Å². The molecule has 0 saturated carbocycles. The maximum absolute atomic E-state index is 11.2. The van der Waals surface area contributed by atoms with E-state index in [1.807, 2.05) is 0 Å². The lowest BCUT2D eigenvalue weighted by atomic mass is 10.1. The largest absolute Gasteiger partial charge is 0.495 e. The Morgan fingerprint density at radius 2 is 2.25 bits per heavy atom. The van der Waals surface area contributed by atoms with Gasteiger partial charge in [0.05, 0.1) is 25.1 Å². The molecule has 0 aliphatic heterocycles. The van der Waals surface area contributed by atoms with Gasteiger partial charge in [0.2, 0.25) is 0 Å². The van der Waals surface area contributed by atoms with Crippen molar-refractivity contribution in [3.8, 4) is 5.75 Å². The number of hydrogen-bond acceptors (Lipinski definition) is 6. The van der Waals surface area contributed by atoms with Gasteiger partial charge in [-0.25, -0.2) is 8.42 Å². The van der Waals surface area contributed by atoms with Crippen molar-refractivity contribution < 1.29 is 13.2 Å². The summed E-state index contributed by atoms with van der Waals surface area (Å²) >= 11 is 0. The summed E-state index contributed by atoms with van der Waals surface area (Å²) in [5, 5.41) is 0. The molecule has 0 spiro atoms. The maximum Gasteiger partial charge on any atom is 0.149 e. The zero-order valence-corrected chi connectivity index (χ0v) is 9.99. The summed E-state index contributed by atoms with van der Waals surface area (Å²) in [5.41, 5.74) is 3.12. The topological polar surface area (TPSA) is 94.3 Å². The van der Waals surface area contributed by atoms with Gasteiger partial charge in [-0.3, -0.25) is 16.3 Å². The highest BCUT2D eigenvalue weighted by Crippen LogP contribution is 2.18. The fourth-order valence-corrected chi connectivity index (χ4v) is 2.18. The minimum atomic E-state index is -3.11. The molecule has 0 aliphatic carbocycles. The fraction of sp³-hybridized carbons (Fsp3) is 0.444. The molecule has 16 heavy (non-hydrogen) atoms. The average Bonchev–Trinajstić information content (AvgIpc) is 2.25. The molecule has 7 heteroatoms. The smallest absolute Gasteiger partial charge is 0.149 e. The number of nitrogens with zero attached hydrogens (tertiary/aromatic N) is 1. The van der Waals surface area contributed by atoms with E-state index in [2.05, 4.69) is 10.4 Å². The van der Waals surface area contributed by atoms with E-state index in [1.165, 1.54) is 13.3 Å². The lowest BCUT2D eigenvalue weighted by molar-refractivity contribution is 0.411. The highest BCUT2D eigenvalue weighted by atomic mass is 32.2. The zero-order chi connectivity index (χ0) is 12.2. The van der Waals surface area contributed by atoms with Crippen LogP contribution in [0.2, 0.25) is 0 Å². The summed E-state index contributed by atoms with van der Waals surface area (Å²) in [6.07, 6.45) is 4.25. The first-order chi connectivity index (χ1) is 7.46. The molecule has 0 aromatic carbocycles. The van der Waals surface area contributed by atoms with Crippen LogP contribution in [-0.2, 0) is 9.84 Å². The Morgan fingerprint density at radius 1 is 1.56 bits per heavy atom. The second-order valence-corrected chi connectivity index (χ2v) is 5.65. The second kappa shape index (κ2) is 5.24. The molecule has 0 fully saturated rings. The number of hydrazine groups is 1. The summed E-state index contributed by atoms with van der Waals surface area (Å²) in [4.78, 5) is 3.94. The van der Waals surface area contributed by atoms with E-state index in [9.17, 15) is 8.42 Å². The minimum Gasteiger partial charge on any atom is -0.495 e. The van der Waals surface area contributed by atoms with Crippen molar-refractivity contribution >= 4 is 9.84 Å². The van der Waals surface area contributed by atoms with Crippen molar-refractivity contribution in [3.63, 3.8) is 0 Å². The molecule has 90 valence electrons. The predicted molar refractivity (Wildman–Crippen MR) is 60.6 cm³/mol. The van der Waals surface area contributed by atoms with Crippen LogP contribution in [0.25, 0.3) is 0 Å². The molecule has 1 heterocycles. The number of rotatable bonds is 5. The number of pyridine rings is 1. The molecular formula is C9H15N3O3S. The molecule has 0 radical (unpaired) electrons. The van der Waals surface area contributed by atoms with Crippen LogP contribution in [0.1, 0.15) is 11.6 Å². The monoisotopic (exact) mass is 245 g/mol. The van der Waals surface area contributed by atoms with Gasteiger partial charge in [0.15, 0.2) is 0 Å². The Bertz CT molecular complexity index is 447. The number of hydrogen-bond donors (Lipinski definition) is 2. The highest BCUT2D eigenvalue weighted by Gasteiger charge is 2.16. The second-order valence-electron chi connectivity index (χ2n) is 3.47. The van der Waals surface area contributed by atoms with Gasteiger partial charge in [-0.1, -0.05) is 0 Å². The molecule has 1 aromatic heterocycles. The van der Waals surface area contributed by atoms with Gasteiger partial charge in [-0.2, -0.15) is 0 Å². The quantitative estimate of drug-likeness (QED) is 0.543. The number of sulfone groups is 1. The average molecular weight is 245 g/mol. The fourth-order valence-electron chi connectivity index (χ4n) is 1.28. The molecule has 3 N–H and O–H groups in total. The highest BCUT2D eigenvalue weighted by molar-refractivity contribution is 7.90. The van der Waals surface area contributed by atoms with Crippen LogP contribution >= 0.6 is 0 Å². The molecule has 1 atom stereocenters. The lowest BCUT2D eigenvalue weighted by Crippen LogP contribution is -2.33. The Hall–Kier alpha value is -1.18. The number of nitrogens with one attached hydrogen (secondary N) is 1. The van der Waals surface area contributed by atoms with Crippen LogP contribution in [0.5, 0.6) is 5.75 Å². The van der Waals surface area contributed by atoms with Gasteiger partial charge in [-0.05, 0) is 11.6 Å². The normalized spacial score (nSPS) is 13.4. The number of aromatic nitrogens is 1. The van der Waals surface area contributed by atoms with E-state index in [0.29, 0.717) is 11.3 Å². The van der Waals surface area contributed by atoms with Crippen LogP contribution in [-0.4, -0.2) is 32.5 Å². The number of ether oxygens (including phenoxy) is 1. The predicted octanol–water partition coefficient (Wildman–Crippen LogP) is -0.361. The van der Waals surface area contributed by atoms with E-state index in [-0.39, 0.29) is 5.75 Å². The van der Waals surface area contributed by atoms with Gasteiger partial charge in [-0.15, -0.1) is 0 Å².